The summed E-state index contributed by atoms with van der Waals surface area (Å²) in [6.45, 7) is 4.54. The van der Waals surface area contributed by atoms with E-state index in [-0.39, 0.29) is 23.6 Å². The molecule has 2 atom stereocenters. The van der Waals surface area contributed by atoms with Crippen LogP contribution in [0.2, 0.25) is 5.02 Å². The molecule has 0 aromatic heterocycles. The lowest BCUT2D eigenvalue weighted by Gasteiger charge is -2.24. The molecule has 2 aromatic rings. The third kappa shape index (κ3) is 5.00. The fraction of sp³-hybridized carbons (Fsp3) is 0.348. The quantitative estimate of drug-likeness (QED) is 0.693. The Kier molecular flexibility index (Phi) is 7.11. The molecule has 6 nitrogen and oxygen atoms in total. The van der Waals surface area contributed by atoms with Gasteiger partial charge in [0.05, 0.1) is 10.7 Å². The standard InChI is InChI=1S/C23H26ClN3O3/c1-3-15(2)21(26-22(29)16-8-5-4-6-9-16)23(30)25-17-11-12-19(18(24)14-17)27-13-7-10-20(27)28/h4-6,8-9,11-12,14-15,21H,3,7,10,13H2,1-2H3,(H,25,30)(H,26,29)/t15-,21+/m0/s1. The summed E-state index contributed by atoms with van der Waals surface area (Å²) in [6.07, 6.45) is 2.06. The number of halogens is 1. The summed E-state index contributed by atoms with van der Waals surface area (Å²) in [7, 11) is 0. The minimum absolute atomic E-state index is 0.0501. The van der Waals surface area contributed by atoms with Gasteiger partial charge in [0.1, 0.15) is 6.04 Å². The van der Waals surface area contributed by atoms with Crippen LogP contribution in [0.25, 0.3) is 0 Å². The van der Waals surface area contributed by atoms with Crippen LogP contribution < -0.4 is 15.5 Å². The largest absolute Gasteiger partial charge is 0.340 e. The first-order valence-electron chi connectivity index (χ1n) is 10.2. The van der Waals surface area contributed by atoms with E-state index in [1.807, 2.05) is 19.9 Å². The number of hydrogen-bond acceptors (Lipinski definition) is 3. The smallest absolute Gasteiger partial charge is 0.251 e. The predicted octanol–water partition coefficient (Wildman–Crippen LogP) is 4.25. The molecule has 1 saturated heterocycles. The molecular formula is C23H26ClN3O3. The summed E-state index contributed by atoms with van der Waals surface area (Å²) in [4.78, 5) is 39.1. The van der Waals surface area contributed by atoms with E-state index in [1.54, 1.807) is 47.4 Å². The second-order valence-electron chi connectivity index (χ2n) is 7.51. The van der Waals surface area contributed by atoms with Gasteiger partial charge in [-0.2, -0.15) is 0 Å². The van der Waals surface area contributed by atoms with E-state index in [9.17, 15) is 14.4 Å². The van der Waals surface area contributed by atoms with E-state index in [4.69, 9.17) is 11.6 Å². The van der Waals surface area contributed by atoms with Gasteiger partial charge in [0.15, 0.2) is 0 Å². The second-order valence-corrected chi connectivity index (χ2v) is 7.91. The fourth-order valence-corrected chi connectivity index (χ4v) is 3.72. The highest BCUT2D eigenvalue weighted by atomic mass is 35.5. The number of amides is 3. The molecular weight excluding hydrogens is 402 g/mol. The van der Waals surface area contributed by atoms with Crippen molar-refractivity contribution in [1.82, 2.24) is 5.32 Å². The molecule has 7 heteroatoms. The van der Waals surface area contributed by atoms with Gasteiger partial charge in [0, 0.05) is 24.2 Å². The summed E-state index contributed by atoms with van der Waals surface area (Å²) in [6, 6.07) is 13.2. The highest BCUT2D eigenvalue weighted by Gasteiger charge is 2.27. The van der Waals surface area contributed by atoms with Crippen LogP contribution in [-0.4, -0.2) is 30.3 Å². The van der Waals surface area contributed by atoms with Gasteiger partial charge in [0.25, 0.3) is 5.91 Å². The van der Waals surface area contributed by atoms with Crippen LogP contribution in [0.1, 0.15) is 43.5 Å². The number of carbonyl (C=O) groups excluding carboxylic acids is 3. The molecule has 0 spiro atoms. The van der Waals surface area contributed by atoms with Crippen LogP contribution in [-0.2, 0) is 9.59 Å². The Hall–Kier alpha value is -2.86. The van der Waals surface area contributed by atoms with Crippen molar-refractivity contribution in [3.8, 4) is 0 Å². The van der Waals surface area contributed by atoms with Crippen molar-refractivity contribution in [1.29, 1.82) is 0 Å². The monoisotopic (exact) mass is 427 g/mol. The van der Waals surface area contributed by atoms with Crippen LogP contribution in [0.4, 0.5) is 11.4 Å². The highest BCUT2D eigenvalue weighted by Crippen LogP contribution is 2.31. The molecule has 0 aliphatic carbocycles. The fourth-order valence-electron chi connectivity index (χ4n) is 3.44. The molecule has 1 fully saturated rings. The highest BCUT2D eigenvalue weighted by molar-refractivity contribution is 6.34. The zero-order chi connectivity index (χ0) is 21.7. The minimum Gasteiger partial charge on any atom is -0.340 e. The van der Waals surface area contributed by atoms with Gasteiger partial charge in [-0.3, -0.25) is 14.4 Å². The number of nitrogens with one attached hydrogen (secondary N) is 2. The summed E-state index contributed by atoms with van der Waals surface area (Å²) in [5.41, 5.74) is 1.66. The number of benzene rings is 2. The minimum atomic E-state index is -0.693. The molecule has 2 N–H and O–H groups in total. The Morgan fingerprint density at radius 2 is 1.90 bits per heavy atom. The van der Waals surface area contributed by atoms with E-state index < -0.39 is 6.04 Å². The Balaban J connectivity index is 1.73. The van der Waals surface area contributed by atoms with Crippen molar-refractivity contribution >= 4 is 40.7 Å². The number of nitrogens with zero attached hydrogens (tertiary/aromatic N) is 1. The van der Waals surface area contributed by atoms with Gasteiger partial charge in [0.2, 0.25) is 11.8 Å². The molecule has 158 valence electrons. The normalized spacial score (nSPS) is 15.6. The lowest BCUT2D eigenvalue weighted by molar-refractivity contribution is -0.119. The molecule has 0 bridgehead atoms. The number of rotatable bonds is 7. The SMILES string of the molecule is CC[C@H](C)[C@@H](NC(=O)c1ccccc1)C(=O)Nc1ccc(N2CCCC2=O)c(Cl)c1. The molecule has 1 aliphatic rings. The molecule has 3 amide bonds. The zero-order valence-corrected chi connectivity index (χ0v) is 17.9. The molecule has 0 unspecified atom stereocenters. The lowest BCUT2D eigenvalue weighted by atomic mass is 9.97. The van der Waals surface area contributed by atoms with Gasteiger partial charge < -0.3 is 15.5 Å². The van der Waals surface area contributed by atoms with Crippen LogP contribution in [0.3, 0.4) is 0 Å². The molecule has 0 saturated carbocycles. The van der Waals surface area contributed by atoms with E-state index in [1.165, 1.54) is 0 Å². The third-order valence-corrected chi connectivity index (χ3v) is 5.70. The number of hydrogen-bond donors (Lipinski definition) is 2. The average molecular weight is 428 g/mol. The topological polar surface area (TPSA) is 78.5 Å². The van der Waals surface area contributed by atoms with Crippen LogP contribution in [0.15, 0.2) is 48.5 Å². The van der Waals surface area contributed by atoms with Gasteiger partial charge in [-0.25, -0.2) is 0 Å². The predicted molar refractivity (Wildman–Crippen MR) is 119 cm³/mol. The van der Waals surface area contributed by atoms with E-state index in [2.05, 4.69) is 10.6 Å². The summed E-state index contributed by atoms with van der Waals surface area (Å²) < 4.78 is 0. The molecule has 0 radical (unpaired) electrons. The molecule has 1 aliphatic heterocycles. The van der Waals surface area contributed by atoms with Crippen molar-refractivity contribution in [3.05, 3.63) is 59.1 Å². The second kappa shape index (κ2) is 9.76. The van der Waals surface area contributed by atoms with Gasteiger partial charge in [-0.1, -0.05) is 50.1 Å². The maximum Gasteiger partial charge on any atom is 0.251 e. The summed E-state index contributed by atoms with van der Waals surface area (Å²) in [5, 5.41) is 6.09. The third-order valence-electron chi connectivity index (χ3n) is 5.40. The van der Waals surface area contributed by atoms with E-state index >= 15 is 0 Å². The van der Waals surface area contributed by atoms with Crippen molar-refractivity contribution in [2.45, 2.75) is 39.2 Å². The van der Waals surface area contributed by atoms with Crippen molar-refractivity contribution in [3.63, 3.8) is 0 Å². The van der Waals surface area contributed by atoms with Crippen LogP contribution in [0, 0.1) is 5.92 Å². The number of carbonyl (C=O) groups is 3. The van der Waals surface area contributed by atoms with Crippen molar-refractivity contribution in [2.75, 3.05) is 16.8 Å². The van der Waals surface area contributed by atoms with Gasteiger partial charge in [-0.15, -0.1) is 0 Å². The number of anilines is 2. The van der Waals surface area contributed by atoms with E-state index in [0.29, 0.717) is 34.9 Å². The first kappa shape index (κ1) is 21.8. The van der Waals surface area contributed by atoms with Gasteiger partial charge in [-0.05, 0) is 42.7 Å². The Bertz CT molecular complexity index is 933. The summed E-state index contributed by atoms with van der Waals surface area (Å²) >= 11 is 6.38. The first-order chi connectivity index (χ1) is 14.4. The van der Waals surface area contributed by atoms with E-state index in [0.717, 1.165) is 12.8 Å². The van der Waals surface area contributed by atoms with Crippen molar-refractivity contribution in [2.24, 2.45) is 5.92 Å². The van der Waals surface area contributed by atoms with Crippen LogP contribution in [0.5, 0.6) is 0 Å². The molecule has 3 rings (SSSR count). The molecule has 30 heavy (non-hydrogen) atoms. The van der Waals surface area contributed by atoms with Gasteiger partial charge >= 0.3 is 0 Å². The maximum atomic E-state index is 13.0. The maximum absolute atomic E-state index is 13.0. The first-order valence-corrected chi connectivity index (χ1v) is 10.5. The molecule has 2 aromatic carbocycles. The average Bonchev–Trinajstić information content (AvgIpc) is 3.17. The van der Waals surface area contributed by atoms with Crippen LogP contribution >= 0.6 is 11.6 Å². The van der Waals surface area contributed by atoms with Crippen molar-refractivity contribution < 1.29 is 14.4 Å². The Morgan fingerprint density at radius 3 is 2.50 bits per heavy atom. The zero-order valence-electron chi connectivity index (χ0n) is 17.2. The Labute approximate surface area is 181 Å². The molecule has 1 heterocycles. The lowest BCUT2D eigenvalue weighted by Crippen LogP contribution is -2.47. The summed E-state index contributed by atoms with van der Waals surface area (Å²) in [5.74, 6) is -0.615. The Morgan fingerprint density at radius 1 is 1.17 bits per heavy atom.